The number of pyridine rings is 1. The van der Waals surface area contributed by atoms with Crippen LogP contribution in [0.15, 0.2) is 42.6 Å². The highest BCUT2D eigenvalue weighted by atomic mass is 16.6. The van der Waals surface area contributed by atoms with Gasteiger partial charge in [0.1, 0.15) is 0 Å². The molecule has 29 heavy (non-hydrogen) atoms. The van der Waals surface area contributed by atoms with Crippen LogP contribution in [0.4, 0.5) is 5.69 Å². The Kier molecular flexibility index (Phi) is 5.49. The molecule has 1 heterocycles. The zero-order chi connectivity index (χ0) is 21.1. The van der Waals surface area contributed by atoms with Crippen molar-refractivity contribution in [2.45, 2.75) is 13.0 Å². The summed E-state index contributed by atoms with van der Waals surface area (Å²) in [7, 11) is 2.94. The van der Waals surface area contributed by atoms with Crippen LogP contribution >= 0.6 is 0 Å². The van der Waals surface area contributed by atoms with Gasteiger partial charge in [-0.25, -0.2) is 0 Å². The second kappa shape index (κ2) is 8.01. The van der Waals surface area contributed by atoms with E-state index in [9.17, 15) is 20.0 Å². The third-order valence-electron chi connectivity index (χ3n) is 4.45. The van der Waals surface area contributed by atoms with Gasteiger partial charge in [-0.3, -0.25) is 19.9 Å². The smallest absolute Gasteiger partial charge is 0.279 e. The van der Waals surface area contributed by atoms with Gasteiger partial charge in [-0.15, -0.1) is 0 Å². The third-order valence-corrected chi connectivity index (χ3v) is 4.45. The van der Waals surface area contributed by atoms with Crippen LogP contribution in [0.5, 0.6) is 17.2 Å². The fourth-order valence-corrected chi connectivity index (χ4v) is 3.16. The normalized spacial score (nSPS) is 11.7. The summed E-state index contributed by atoms with van der Waals surface area (Å²) in [6, 6.07) is 8.11. The minimum atomic E-state index is -0.940. The lowest BCUT2D eigenvalue weighted by atomic mass is 9.95. The van der Waals surface area contributed by atoms with Crippen molar-refractivity contribution in [2.75, 3.05) is 14.2 Å². The van der Waals surface area contributed by atoms with Crippen molar-refractivity contribution in [3.8, 4) is 17.2 Å². The van der Waals surface area contributed by atoms with E-state index < -0.39 is 22.6 Å². The largest absolute Gasteiger partial charge is 0.871 e. The number of carbonyl (C=O) groups is 1. The molecule has 0 fully saturated rings. The number of methoxy groups -OCH3 is 2. The summed E-state index contributed by atoms with van der Waals surface area (Å²) in [5.74, 6) is -0.0553. The number of rotatable bonds is 6. The number of fused-ring (bicyclic) bond motifs is 1. The van der Waals surface area contributed by atoms with Crippen LogP contribution in [0, 0.1) is 10.1 Å². The van der Waals surface area contributed by atoms with Crippen LogP contribution < -0.4 is 19.9 Å². The molecular formula is C20H18N3O6-. The van der Waals surface area contributed by atoms with Gasteiger partial charge in [0.2, 0.25) is 5.91 Å². The molecule has 0 saturated heterocycles. The number of nitro benzene ring substituents is 1. The van der Waals surface area contributed by atoms with Gasteiger partial charge in [-0.2, -0.15) is 0 Å². The van der Waals surface area contributed by atoms with E-state index in [1.807, 2.05) is 0 Å². The molecule has 1 atom stereocenters. The molecule has 1 amide bonds. The average Bonchev–Trinajstić information content (AvgIpc) is 2.72. The van der Waals surface area contributed by atoms with E-state index in [1.54, 1.807) is 18.2 Å². The summed E-state index contributed by atoms with van der Waals surface area (Å²) in [6.45, 7) is 1.30. The molecule has 0 saturated carbocycles. The van der Waals surface area contributed by atoms with Crippen molar-refractivity contribution in [1.29, 1.82) is 0 Å². The molecule has 2 aromatic carbocycles. The van der Waals surface area contributed by atoms with Crippen LogP contribution in [0.1, 0.15) is 24.1 Å². The standard InChI is InChI=1S/C20H19N3O6/c1-11(24)22-18(12-6-7-16(28-2)17(9-12)29-3)14-10-15(23(26)27)13-5-4-8-21-19(13)20(14)25/h4-10,18,25H,1-3H3,(H,22,24)/p-1/t18-/m1/s1. The van der Waals surface area contributed by atoms with Crippen molar-refractivity contribution in [2.24, 2.45) is 0 Å². The summed E-state index contributed by atoms with van der Waals surface area (Å²) in [5, 5.41) is 27.5. The Morgan fingerprint density at radius 3 is 2.52 bits per heavy atom. The number of aromatic nitrogens is 1. The minimum Gasteiger partial charge on any atom is -0.871 e. The van der Waals surface area contributed by atoms with Crippen molar-refractivity contribution >= 4 is 22.5 Å². The molecule has 0 aliphatic carbocycles. The number of nitrogens with one attached hydrogen (secondary N) is 1. The fraction of sp³-hybridized carbons (Fsp3) is 0.200. The maximum atomic E-state index is 13.1. The number of hydrogen-bond acceptors (Lipinski definition) is 7. The zero-order valence-corrected chi connectivity index (χ0v) is 16.0. The van der Waals surface area contributed by atoms with Crippen LogP contribution in [-0.4, -0.2) is 30.0 Å². The first-order valence-electron chi connectivity index (χ1n) is 8.59. The van der Waals surface area contributed by atoms with Gasteiger partial charge < -0.3 is 19.9 Å². The molecule has 0 spiro atoms. The quantitative estimate of drug-likeness (QED) is 0.501. The van der Waals surface area contributed by atoms with E-state index >= 15 is 0 Å². The monoisotopic (exact) mass is 396 g/mol. The van der Waals surface area contributed by atoms with E-state index in [-0.39, 0.29) is 22.2 Å². The lowest BCUT2D eigenvalue weighted by Crippen LogP contribution is -2.28. The van der Waals surface area contributed by atoms with E-state index in [1.165, 1.54) is 45.5 Å². The minimum absolute atomic E-state index is 0.0327. The summed E-state index contributed by atoms with van der Waals surface area (Å²) in [6.07, 6.45) is 1.39. The highest BCUT2D eigenvalue weighted by Gasteiger charge is 2.24. The van der Waals surface area contributed by atoms with E-state index in [4.69, 9.17) is 9.47 Å². The number of carbonyl (C=O) groups excluding carboxylic acids is 1. The van der Waals surface area contributed by atoms with Crippen molar-refractivity contribution in [1.82, 2.24) is 10.3 Å². The lowest BCUT2D eigenvalue weighted by Gasteiger charge is -2.25. The van der Waals surface area contributed by atoms with Crippen molar-refractivity contribution in [3.05, 3.63) is 63.8 Å². The number of benzene rings is 2. The molecule has 3 rings (SSSR count). The SMILES string of the molecule is COc1ccc([C@@H](NC(C)=O)c2cc([N+](=O)[O-])c3cccnc3c2[O-])cc1OC. The summed E-state index contributed by atoms with van der Waals surface area (Å²) >= 11 is 0. The molecule has 1 aromatic heterocycles. The molecular weight excluding hydrogens is 378 g/mol. The van der Waals surface area contributed by atoms with Crippen molar-refractivity contribution < 1.29 is 24.3 Å². The van der Waals surface area contributed by atoms with Crippen LogP contribution in [-0.2, 0) is 4.79 Å². The van der Waals surface area contributed by atoms with Gasteiger partial charge in [-0.05, 0) is 35.4 Å². The summed E-state index contributed by atoms with van der Waals surface area (Å²) < 4.78 is 10.5. The second-order valence-corrected chi connectivity index (χ2v) is 6.22. The molecule has 3 aromatic rings. The number of nitro groups is 1. The van der Waals surface area contributed by atoms with E-state index in [0.29, 0.717) is 17.1 Å². The van der Waals surface area contributed by atoms with Gasteiger partial charge in [-0.1, -0.05) is 11.8 Å². The number of hydrogen-bond donors (Lipinski definition) is 1. The Morgan fingerprint density at radius 1 is 1.17 bits per heavy atom. The highest BCUT2D eigenvalue weighted by Crippen LogP contribution is 2.39. The summed E-state index contributed by atoms with van der Waals surface area (Å²) in [5.41, 5.74) is 0.232. The van der Waals surface area contributed by atoms with Crippen molar-refractivity contribution in [3.63, 3.8) is 0 Å². The van der Waals surface area contributed by atoms with E-state index in [0.717, 1.165) is 0 Å². The summed E-state index contributed by atoms with van der Waals surface area (Å²) in [4.78, 5) is 26.9. The molecule has 150 valence electrons. The van der Waals surface area contributed by atoms with Crippen LogP contribution in [0.25, 0.3) is 10.9 Å². The maximum Gasteiger partial charge on any atom is 0.279 e. The molecule has 0 bridgehead atoms. The first-order chi connectivity index (χ1) is 13.9. The number of amides is 1. The predicted octanol–water partition coefficient (Wildman–Crippen LogP) is 2.46. The topological polar surface area (TPSA) is 127 Å². The van der Waals surface area contributed by atoms with Gasteiger partial charge in [0.25, 0.3) is 5.69 Å². The molecule has 9 heteroatoms. The average molecular weight is 396 g/mol. The predicted molar refractivity (Wildman–Crippen MR) is 103 cm³/mol. The fourth-order valence-electron chi connectivity index (χ4n) is 3.16. The Morgan fingerprint density at radius 2 is 1.90 bits per heavy atom. The Hall–Kier alpha value is -3.88. The molecule has 1 N–H and O–H groups in total. The van der Waals surface area contributed by atoms with Gasteiger partial charge in [0, 0.05) is 19.2 Å². The molecule has 0 unspecified atom stereocenters. The molecule has 9 nitrogen and oxygen atoms in total. The first-order valence-corrected chi connectivity index (χ1v) is 8.59. The molecule has 0 aliphatic rings. The van der Waals surface area contributed by atoms with Gasteiger partial charge in [0.05, 0.1) is 36.1 Å². The third kappa shape index (κ3) is 3.75. The Balaban J connectivity index is 2.28. The molecule has 0 radical (unpaired) electrons. The first kappa shape index (κ1) is 19.9. The maximum absolute atomic E-state index is 13.1. The number of non-ortho nitro benzene ring substituents is 1. The van der Waals surface area contributed by atoms with Gasteiger partial charge >= 0.3 is 0 Å². The second-order valence-electron chi connectivity index (χ2n) is 6.22. The molecule has 0 aliphatic heterocycles. The number of nitrogens with zero attached hydrogens (tertiary/aromatic N) is 2. The van der Waals surface area contributed by atoms with E-state index in [2.05, 4.69) is 10.3 Å². The number of ether oxygens (including phenoxy) is 2. The van der Waals surface area contributed by atoms with Crippen LogP contribution in [0.3, 0.4) is 0 Å². The lowest BCUT2D eigenvalue weighted by molar-refractivity contribution is -0.383. The zero-order valence-electron chi connectivity index (χ0n) is 16.0. The highest BCUT2D eigenvalue weighted by molar-refractivity contribution is 5.93. The Bertz CT molecular complexity index is 1100. The van der Waals surface area contributed by atoms with Gasteiger partial charge in [0.15, 0.2) is 11.5 Å². The Labute approximate surface area is 166 Å². The van der Waals surface area contributed by atoms with Crippen LogP contribution in [0.2, 0.25) is 0 Å².